The SMILES string of the molecule is CN=C(NCc1cc(OC)c(OC)c(OC)c1)NCC(c1ccc(C)o1)N1CCOCC1.I. The van der Waals surface area contributed by atoms with Crippen LogP contribution in [0, 0.1) is 6.92 Å². The van der Waals surface area contributed by atoms with Gasteiger partial charge in [0.1, 0.15) is 11.5 Å². The van der Waals surface area contributed by atoms with Crippen LogP contribution in [-0.4, -0.2) is 72.1 Å². The average molecular weight is 574 g/mol. The van der Waals surface area contributed by atoms with Crippen LogP contribution in [0.5, 0.6) is 17.2 Å². The third kappa shape index (κ3) is 7.15. The molecule has 1 saturated heterocycles. The number of hydrogen-bond acceptors (Lipinski definition) is 7. The van der Waals surface area contributed by atoms with Gasteiger partial charge in [0.15, 0.2) is 17.5 Å². The summed E-state index contributed by atoms with van der Waals surface area (Å²) in [6.07, 6.45) is 0. The number of benzene rings is 1. The fourth-order valence-corrected chi connectivity index (χ4v) is 3.77. The zero-order valence-electron chi connectivity index (χ0n) is 20.0. The van der Waals surface area contributed by atoms with Gasteiger partial charge in [-0.1, -0.05) is 0 Å². The standard InChI is InChI=1S/C23H34N4O5.HI/c1-16-6-7-19(32-16)18(27-8-10-31-11-9-27)15-26-23(24-2)25-14-17-12-20(28-3)22(30-5)21(13-17)29-4;/h6-7,12-13,18H,8-11,14-15H2,1-5H3,(H2,24,25,26);1H. The zero-order chi connectivity index (χ0) is 22.9. The molecule has 1 aliphatic heterocycles. The van der Waals surface area contributed by atoms with Gasteiger partial charge in [-0.15, -0.1) is 24.0 Å². The van der Waals surface area contributed by atoms with Crippen LogP contribution in [-0.2, 0) is 11.3 Å². The van der Waals surface area contributed by atoms with Gasteiger partial charge in [-0.3, -0.25) is 9.89 Å². The van der Waals surface area contributed by atoms with Crippen LogP contribution in [0.1, 0.15) is 23.1 Å². The van der Waals surface area contributed by atoms with Crippen LogP contribution in [0.2, 0.25) is 0 Å². The van der Waals surface area contributed by atoms with E-state index in [1.54, 1.807) is 28.4 Å². The van der Waals surface area contributed by atoms with E-state index in [9.17, 15) is 0 Å². The van der Waals surface area contributed by atoms with Crippen molar-refractivity contribution in [3.05, 3.63) is 41.3 Å². The van der Waals surface area contributed by atoms with Crippen molar-refractivity contribution in [3.8, 4) is 17.2 Å². The van der Waals surface area contributed by atoms with Gasteiger partial charge in [-0.25, -0.2) is 0 Å². The first-order valence-electron chi connectivity index (χ1n) is 10.7. The van der Waals surface area contributed by atoms with Crippen molar-refractivity contribution in [3.63, 3.8) is 0 Å². The molecule has 0 bridgehead atoms. The first-order chi connectivity index (χ1) is 15.6. The molecule has 10 heteroatoms. The first kappa shape index (κ1) is 27.1. The van der Waals surface area contributed by atoms with Crippen LogP contribution >= 0.6 is 24.0 Å². The summed E-state index contributed by atoms with van der Waals surface area (Å²) in [5, 5.41) is 6.79. The second-order valence-electron chi connectivity index (χ2n) is 7.45. The minimum Gasteiger partial charge on any atom is -0.493 e. The summed E-state index contributed by atoms with van der Waals surface area (Å²) >= 11 is 0. The maximum atomic E-state index is 5.94. The van der Waals surface area contributed by atoms with E-state index in [1.165, 1.54) is 0 Å². The number of guanidine groups is 1. The summed E-state index contributed by atoms with van der Waals surface area (Å²) in [5.74, 6) is 4.35. The smallest absolute Gasteiger partial charge is 0.203 e. The predicted molar refractivity (Wildman–Crippen MR) is 138 cm³/mol. The Labute approximate surface area is 212 Å². The summed E-state index contributed by atoms with van der Waals surface area (Å²) < 4.78 is 27.8. The average Bonchev–Trinajstić information content (AvgIpc) is 3.26. The summed E-state index contributed by atoms with van der Waals surface area (Å²) in [5.41, 5.74) is 0.980. The molecule has 184 valence electrons. The van der Waals surface area contributed by atoms with Crippen molar-refractivity contribution in [2.24, 2.45) is 4.99 Å². The molecule has 2 aromatic rings. The lowest BCUT2D eigenvalue weighted by Crippen LogP contribution is -2.46. The number of methoxy groups -OCH3 is 3. The first-order valence-corrected chi connectivity index (χ1v) is 10.7. The van der Waals surface area contributed by atoms with Crippen LogP contribution < -0.4 is 24.8 Å². The molecule has 1 aromatic carbocycles. The van der Waals surface area contributed by atoms with Gasteiger partial charge in [0, 0.05) is 33.2 Å². The molecule has 2 N–H and O–H groups in total. The lowest BCUT2D eigenvalue weighted by molar-refractivity contribution is 0.0124. The molecule has 1 aromatic heterocycles. The highest BCUT2D eigenvalue weighted by molar-refractivity contribution is 14.0. The lowest BCUT2D eigenvalue weighted by atomic mass is 10.1. The van der Waals surface area contributed by atoms with Crippen molar-refractivity contribution in [1.29, 1.82) is 0 Å². The Kier molecular flexibility index (Phi) is 11.1. The summed E-state index contributed by atoms with van der Waals surface area (Å²) in [6.45, 7) is 6.34. The topological polar surface area (TPSA) is 89.7 Å². The molecule has 1 aliphatic rings. The van der Waals surface area contributed by atoms with E-state index in [0.29, 0.717) is 36.3 Å². The molecular formula is C23H35IN4O5. The van der Waals surface area contributed by atoms with Crippen molar-refractivity contribution < 1.29 is 23.4 Å². The molecule has 33 heavy (non-hydrogen) atoms. The van der Waals surface area contributed by atoms with E-state index in [-0.39, 0.29) is 30.0 Å². The monoisotopic (exact) mass is 574 g/mol. The third-order valence-corrected chi connectivity index (χ3v) is 5.45. The molecule has 2 heterocycles. The molecule has 0 saturated carbocycles. The quantitative estimate of drug-likeness (QED) is 0.269. The van der Waals surface area contributed by atoms with Crippen molar-refractivity contribution in [1.82, 2.24) is 15.5 Å². The summed E-state index contributed by atoms with van der Waals surface area (Å²) in [6, 6.07) is 7.98. The Morgan fingerprint density at radius 1 is 1.06 bits per heavy atom. The second-order valence-corrected chi connectivity index (χ2v) is 7.45. The second kappa shape index (κ2) is 13.5. The minimum atomic E-state index is 0. The molecule has 0 radical (unpaired) electrons. The van der Waals surface area contributed by atoms with E-state index in [0.717, 1.165) is 43.4 Å². The Morgan fingerprint density at radius 2 is 1.73 bits per heavy atom. The fourth-order valence-electron chi connectivity index (χ4n) is 3.77. The summed E-state index contributed by atoms with van der Waals surface area (Å²) in [7, 11) is 6.56. The Hall–Kier alpha value is -2.18. The summed E-state index contributed by atoms with van der Waals surface area (Å²) in [4.78, 5) is 6.75. The van der Waals surface area contributed by atoms with Gasteiger partial charge in [-0.05, 0) is 36.8 Å². The van der Waals surface area contributed by atoms with E-state index in [1.807, 2.05) is 31.2 Å². The van der Waals surface area contributed by atoms with E-state index in [2.05, 4.69) is 20.5 Å². The number of furan rings is 1. The Morgan fingerprint density at radius 3 is 2.24 bits per heavy atom. The molecule has 1 fully saturated rings. The number of ether oxygens (including phenoxy) is 4. The van der Waals surface area contributed by atoms with Gasteiger partial charge in [0.2, 0.25) is 5.75 Å². The van der Waals surface area contributed by atoms with E-state index >= 15 is 0 Å². The van der Waals surface area contributed by atoms with Gasteiger partial charge >= 0.3 is 0 Å². The third-order valence-electron chi connectivity index (χ3n) is 5.45. The molecule has 1 atom stereocenters. The maximum absolute atomic E-state index is 5.94. The Balaban J connectivity index is 0.00000385. The van der Waals surface area contributed by atoms with Crippen molar-refractivity contribution in [2.75, 3.05) is 61.2 Å². The number of halogens is 1. The van der Waals surface area contributed by atoms with E-state index in [4.69, 9.17) is 23.4 Å². The molecular weight excluding hydrogens is 539 g/mol. The highest BCUT2D eigenvalue weighted by atomic mass is 127. The van der Waals surface area contributed by atoms with Gasteiger partial charge in [-0.2, -0.15) is 0 Å². The van der Waals surface area contributed by atoms with Crippen LogP contribution in [0.25, 0.3) is 0 Å². The normalized spacial score (nSPS) is 15.4. The largest absolute Gasteiger partial charge is 0.493 e. The van der Waals surface area contributed by atoms with Gasteiger partial charge in [0.05, 0.1) is 40.6 Å². The number of rotatable bonds is 9. The molecule has 3 rings (SSSR count). The van der Waals surface area contributed by atoms with Crippen LogP contribution in [0.3, 0.4) is 0 Å². The number of nitrogens with zero attached hydrogens (tertiary/aromatic N) is 2. The number of aliphatic imine (C=N–C) groups is 1. The Bertz CT molecular complexity index is 874. The zero-order valence-corrected chi connectivity index (χ0v) is 22.3. The van der Waals surface area contributed by atoms with E-state index < -0.39 is 0 Å². The highest BCUT2D eigenvalue weighted by Crippen LogP contribution is 2.38. The number of aryl methyl sites for hydroxylation is 1. The fraction of sp³-hybridized carbons (Fsp3) is 0.522. The van der Waals surface area contributed by atoms with Gasteiger partial charge < -0.3 is 34.0 Å². The lowest BCUT2D eigenvalue weighted by Gasteiger charge is -2.33. The predicted octanol–water partition coefficient (Wildman–Crippen LogP) is 2.97. The molecule has 0 aliphatic carbocycles. The van der Waals surface area contributed by atoms with Crippen molar-refractivity contribution in [2.45, 2.75) is 19.5 Å². The molecule has 0 spiro atoms. The molecule has 0 amide bonds. The highest BCUT2D eigenvalue weighted by Gasteiger charge is 2.25. The minimum absolute atomic E-state index is 0. The molecule has 1 unspecified atom stereocenters. The number of nitrogens with one attached hydrogen (secondary N) is 2. The maximum Gasteiger partial charge on any atom is 0.203 e. The number of morpholine rings is 1. The van der Waals surface area contributed by atoms with Crippen LogP contribution in [0.15, 0.2) is 33.7 Å². The number of hydrogen-bond donors (Lipinski definition) is 2. The van der Waals surface area contributed by atoms with Gasteiger partial charge in [0.25, 0.3) is 0 Å². The molecule has 9 nitrogen and oxygen atoms in total. The van der Waals surface area contributed by atoms with Crippen molar-refractivity contribution >= 4 is 29.9 Å². The van der Waals surface area contributed by atoms with Crippen LogP contribution in [0.4, 0.5) is 0 Å².